The van der Waals surface area contributed by atoms with Gasteiger partial charge in [0.1, 0.15) is 11.6 Å². The van der Waals surface area contributed by atoms with Crippen molar-refractivity contribution in [2.75, 3.05) is 11.9 Å². The molecule has 0 saturated carbocycles. The van der Waals surface area contributed by atoms with Gasteiger partial charge >= 0.3 is 0 Å². The Morgan fingerprint density at radius 2 is 2.11 bits per heavy atom. The van der Waals surface area contributed by atoms with Crippen LogP contribution in [0, 0.1) is 5.82 Å². The van der Waals surface area contributed by atoms with E-state index in [0.717, 1.165) is 11.8 Å². The summed E-state index contributed by atoms with van der Waals surface area (Å²) >= 11 is 0. The number of nitrogens with one attached hydrogen (secondary N) is 1. The van der Waals surface area contributed by atoms with E-state index < -0.39 is 0 Å². The number of amides is 1. The number of hydrogen-bond donors (Lipinski definition) is 1. The Morgan fingerprint density at radius 1 is 1.21 bits per heavy atom. The molecule has 0 spiro atoms. The zero-order valence-electron chi connectivity index (χ0n) is 10.0. The fraction of sp³-hybridized carbons (Fsp3) is 0.143. The summed E-state index contributed by atoms with van der Waals surface area (Å²) in [5, 5.41) is 2.76. The normalized spacial score (nSPS) is 14.1. The highest BCUT2D eigenvalue weighted by Crippen LogP contribution is 2.32. The third kappa shape index (κ3) is 2.40. The molecule has 96 valence electrons. The summed E-state index contributed by atoms with van der Waals surface area (Å²) in [7, 11) is 0. The van der Waals surface area contributed by atoms with Crippen LogP contribution in [0.25, 0.3) is 11.1 Å². The van der Waals surface area contributed by atoms with Crippen LogP contribution in [0.1, 0.15) is 6.42 Å². The van der Waals surface area contributed by atoms with E-state index in [1.165, 1.54) is 6.07 Å². The zero-order valence-corrected chi connectivity index (χ0v) is 10.0. The minimum Gasteiger partial charge on any atom is -0.491 e. The molecule has 0 unspecified atom stereocenters. The smallest absolute Gasteiger partial charge is 0.227 e. The Bertz CT molecular complexity index is 643. The number of carbonyl (C=O) groups is 1. The van der Waals surface area contributed by atoms with Crippen molar-refractivity contribution in [1.82, 2.24) is 4.98 Å². The van der Waals surface area contributed by atoms with Crippen LogP contribution in [0.15, 0.2) is 36.7 Å². The average molecular weight is 258 g/mol. The van der Waals surface area contributed by atoms with E-state index in [1.807, 2.05) is 0 Å². The lowest BCUT2D eigenvalue weighted by Gasteiger charge is -2.09. The molecule has 1 aliphatic heterocycles. The molecule has 0 saturated heterocycles. The number of halogens is 1. The Labute approximate surface area is 109 Å². The number of rotatable bonds is 1. The first kappa shape index (κ1) is 11.6. The molecule has 2 heterocycles. The summed E-state index contributed by atoms with van der Waals surface area (Å²) in [4.78, 5) is 15.2. The van der Waals surface area contributed by atoms with Crippen molar-refractivity contribution < 1.29 is 13.9 Å². The average Bonchev–Trinajstić information content (AvgIpc) is 2.58. The van der Waals surface area contributed by atoms with Crippen LogP contribution < -0.4 is 10.1 Å². The summed E-state index contributed by atoms with van der Waals surface area (Å²) in [6.45, 7) is 0.337. The van der Waals surface area contributed by atoms with Crippen molar-refractivity contribution in [3.05, 3.63) is 42.5 Å². The molecule has 0 atom stereocenters. The molecular weight excluding hydrogens is 247 g/mol. The number of fused-ring (bicyclic) bond motifs is 1. The largest absolute Gasteiger partial charge is 0.491 e. The van der Waals surface area contributed by atoms with Gasteiger partial charge in [-0.3, -0.25) is 9.78 Å². The number of hydrogen-bond acceptors (Lipinski definition) is 3. The summed E-state index contributed by atoms with van der Waals surface area (Å²) < 4.78 is 18.7. The van der Waals surface area contributed by atoms with Crippen LogP contribution in [0.5, 0.6) is 5.75 Å². The number of carbonyl (C=O) groups excluding carboxylic acids is 1. The summed E-state index contributed by atoms with van der Waals surface area (Å²) in [6.07, 6.45) is 3.06. The molecule has 0 fully saturated rings. The van der Waals surface area contributed by atoms with Crippen LogP contribution in [0.3, 0.4) is 0 Å². The van der Waals surface area contributed by atoms with E-state index in [2.05, 4.69) is 10.3 Å². The van der Waals surface area contributed by atoms with Gasteiger partial charge < -0.3 is 10.1 Å². The lowest BCUT2D eigenvalue weighted by molar-refractivity contribution is -0.116. The van der Waals surface area contributed by atoms with Crippen LogP contribution >= 0.6 is 0 Å². The van der Waals surface area contributed by atoms with Gasteiger partial charge in [-0.2, -0.15) is 0 Å². The van der Waals surface area contributed by atoms with Crippen LogP contribution in [-0.2, 0) is 4.79 Å². The van der Waals surface area contributed by atoms with Crippen molar-refractivity contribution in [2.24, 2.45) is 0 Å². The first-order valence-corrected chi connectivity index (χ1v) is 5.90. The van der Waals surface area contributed by atoms with Crippen molar-refractivity contribution in [2.45, 2.75) is 6.42 Å². The highest BCUT2D eigenvalue weighted by molar-refractivity contribution is 5.93. The Hall–Kier alpha value is -2.43. The second-order valence-corrected chi connectivity index (χ2v) is 4.25. The summed E-state index contributed by atoms with van der Waals surface area (Å²) in [5.74, 6) is 0.133. The Balaban J connectivity index is 2.01. The first-order chi connectivity index (χ1) is 9.22. The van der Waals surface area contributed by atoms with Gasteiger partial charge in [-0.25, -0.2) is 4.39 Å². The summed E-state index contributed by atoms with van der Waals surface area (Å²) in [5.41, 5.74) is 2.10. The monoisotopic (exact) mass is 258 g/mol. The van der Waals surface area contributed by atoms with E-state index in [0.29, 0.717) is 30.0 Å². The quantitative estimate of drug-likeness (QED) is 0.855. The molecular formula is C14H11FN2O2. The third-order valence-corrected chi connectivity index (χ3v) is 2.88. The van der Waals surface area contributed by atoms with E-state index in [4.69, 9.17) is 4.74 Å². The van der Waals surface area contributed by atoms with Crippen LogP contribution in [0.4, 0.5) is 10.1 Å². The van der Waals surface area contributed by atoms with Crippen molar-refractivity contribution in [1.29, 1.82) is 0 Å². The molecule has 1 aromatic heterocycles. The minimum atomic E-state index is -0.387. The lowest BCUT2D eigenvalue weighted by Crippen LogP contribution is -2.10. The lowest BCUT2D eigenvalue weighted by atomic mass is 10.1. The van der Waals surface area contributed by atoms with Crippen LogP contribution in [-0.4, -0.2) is 17.5 Å². The fourth-order valence-electron chi connectivity index (χ4n) is 1.96. The molecule has 4 nitrogen and oxygen atoms in total. The predicted molar refractivity (Wildman–Crippen MR) is 68.4 cm³/mol. The van der Waals surface area contributed by atoms with Gasteiger partial charge in [0, 0.05) is 11.8 Å². The number of pyridine rings is 1. The van der Waals surface area contributed by atoms with Gasteiger partial charge in [0.15, 0.2) is 0 Å². The number of benzene rings is 1. The van der Waals surface area contributed by atoms with E-state index >= 15 is 0 Å². The van der Waals surface area contributed by atoms with Gasteiger partial charge in [-0.05, 0) is 23.8 Å². The highest BCUT2D eigenvalue weighted by atomic mass is 19.1. The van der Waals surface area contributed by atoms with E-state index in [-0.39, 0.29) is 11.7 Å². The van der Waals surface area contributed by atoms with Crippen molar-refractivity contribution >= 4 is 11.6 Å². The van der Waals surface area contributed by atoms with Gasteiger partial charge in [0.2, 0.25) is 5.91 Å². The van der Waals surface area contributed by atoms with E-state index in [9.17, 15) is 9.18 Å². The second-order valence-electron chi connectivity index (χ2n) is 4.25. The number of anilines is 1. The van der Waals surface area contributed by atoms with Gasteiger partial charge in [0.05, 0.1) is 24.9 Å². The SMILES string of the molecule is O=C1CCOc2cc(-c3cncc(F)c3)ccc2N1. The number of ether oxygens (including phenoxy) is 1. The molecule has 1 aromatic carbocycles. The van der Waals surface area contributed by atoms with Crippen LogP contribution in [0.2, 0.25) is 0 Å². The van der Waals surface area contributed by atoms with E-state index in [1.54, 1.807) is 24.4 Å². The Kier molecular flexibility index (Phi) is 2.87. The molecule has 1 N–H and O–H groups in total. The molecule has 3 rings (SSSR count). The number of nitrogens with zero attached hydrogens (tertiary/aromatic N) is 1. The summed E-state index contributed by atoms with van der Waals surface area (Å²) in [6, 6.07) is 6.73. The molecule has 0 bridgehead atoms. The fourth-order valence-corrected chi connectivity index (χ4v) is 1.96. The zero-order chi connectivity index (χ0) is 13.2. The Morgan fingerprint density at radius 3 is 2.95 bits per heavy atom. The molecule has 0 aliphatic carbocycles. The van der Waals surface area contributed by atoms with Gasteiger partial charge in [-0.15, -0.1) is 0 Å². The third-order valence-electron chi connectivity index (χ3n) is 2.88. The molecule has 1 amide bonds. The molecule has 2 aromatic rings. The number of aromatic nitrogens is 1. The molecule has 5 heteroatoms. The molecule has 19 heavy (non-hydrogen) atoms. The molecule has 1 aliphatic rings. The predicted octanol–water partition coefficient (Wildman–Crippen LogP) is 2.61. The maximum Gasteiger partial charge on any atom is 0.227 e. The van der Waals surface area contributed by atoms with Crippen molar-refractivity contribution in [3.8, 4) is 16.9 Å². The minimum absolute atomic E-state index is 0.0704. The maximum absolute atomic E-state index is 13.2. The standard InChI is InChI=1S/C14H11FN2O2/c15-11-5-10(7-16-8-11)9-1-2-12-13(6-9)19-4-3-14(18)17-12/h1-2,5-8H,3-4H2,(H,17,18). The maximum atomic E-state index is 13.2. The molecule has 0 radical (unpaired) electrons. The van der Waals surface area contributed by atoms with Crippen molar-refractivity contribution in [3.63, 3.8) is 0 Å². The van der Waals surface area contributed by atoms with Gasteiger partial charge in [0.25, 0.3) is 0 Å². The highest BCUT2D eigenvalue weighted by Gasteiger charge is 2.14. The first-order valence-electron chi connectivity index (χ1n) is 5.90. The van der Waals surface area contributed by atoms with Gasteiger partial charge in [-0.1, -0.05) is 6.07 Å². The topological polar surface area (TPSA) is 51.2 Å². The second kappa shape index (κ2) is 4.68.